The highest BCUT2D eigenvalue weighted by Crippen LogP contribution is 2.24. The van der Waals surface area contributed by atoms with Crippen LogP contribution in [0, 0.1) is 8.98 Å². The molecule has 0 bridgehead atoms. The van der Waals surface area contributed by atoms with Gasteiger partial charge in [0, 0.05) is 3.57 Å². The zero-order valence-electron chi connectivity index (χ0n) is 7.58. The van der Waals surface area contributed by atoms with Gasteiger partial charge in [-0.25, -0.2) is 0 Å². The Kier molecular flexibility index (Phi) is 3.11. The van der Waals surface area contributed by atoms with Crippen LogP contribution in [0.1, 0.15) is 5.56 Å². The first-order valence-electron chi connectivity index (χ1n) is 4.20. The maximum Gasteiger partial charge on any atom is 0.264 e. The van der Waals surface area contributed by atoms with E-state index in [1.165, 1.54) is 0 Å². The lowest BCUT2D eigenvalue weighted by Gasteiger charge is -1.95. The van der Waals surface area contributed by atoms with Crippen LogP contribution in [0.25, 0.3) is 6.08 Å². The molecule has 0 aromatic heterocycles. The Hall–Kier alpha value is -0.820. The number of carbonyl (C=O) groups is 1. The first kappa shape index (κ1) is 10.7. The number of nitrogens with one attached hydrogen (secondary N) is 2. The number of hydrogen-bond acceptors (Lipinski definition) is 3. The minimum absolute atomic E-state index is 0.191. The van der Waals surface area contributed by atoms with Gasteiger partial charge in [-0.3, -0.25) is 10.2 Å². The lowest BCUT2D eigenvalue weighted by Crippen LogP contribution is -2.18. The second-order valence-corrected chi connectivity index (χ2v) is 5.24. The van der Waals surface area contributed by atoms with Crippen LogP contribution in [0.15, 0.2) is 29.2 Å². The van der Waals surface area contributed by atoms with Crippen LogP contribution in [-0.4, -0.2) is 11.1 Å². The molecule has 0 saturated carbocycles. The number of benzene rings is 1. The van der Waals surface area contributed by atoms with Gasteiger partial charge < -0.3 is 5.32 Å². The largest absolute Gasteiger partial charge is 0.301 e. The maximum atomic E-state index is 11.3. The Morgan fingerprint density at radius 3 is 2.53 bits per heavy atom. The zero-order valence-corrected chi connectivity index (χ0v) is 10.6. The number of hydrogen-bond donors (Lipinski definition) is 2. The van der Waals surface area contributed by atoms with E-state index < -0.39 is 0 Å². The number of thioether (sulfide) groups is 1. The molecule has 0 radical (unpaired) electrons. The Bertz CT molecular complexity index is 453. The van der Waals surface area contributed by atoms with E-state index in [4.69, 9.17) is 5.41 Å². The molecule has 0 spiro atoms. The van der Waals surface area contributed by atoms with Crippen LogP contribution < -0.4 is 5.32 Å². The van der Waals surface area contributed by atoms with Crippen molar-refractivity contribution in [3.8, 4) is 0 Å². The monoisotopic (exact) mass is 330 g/mol. The molecule has 0 unspecified atom stereocenters. The standard InChI is InChI=1S/C10H7IN2OS/c11-7-3-1-6(2-4-7)5-8-9(14)13-10(12)15-8/h1-5H,(H2,12,13,14)/b8-5+. The van der Waals surface area contributed by atoms with Crippen molar-refractivity contribution in [3.05, 3.63) is 38.3 Å². The minimum atomic E-state index is -0.191. The summed E-state index contributed by atoms with van der Waals surface area (Å²) in [6.45, 7) is 0. The molecule has 1 aromatic carbocycles. The molecular formula is C10H7IN2OS. The van der Waals surface area contributed by atoms with Gasteiger partial charge >= 0.3 is 0 Å². The molecule has 1 fully saturated rings. The molecular weight excluding hydrogens is 323 g/mol. The van der Waals surface area contributed by atoms with Gasteiger partial charge in [0.1, 0.15) is 0 Å². The highest BCUT2D eigenvalue weighted by molar-refractivity contribution is 14.1. The van der Waals surface area contributed by atoms with E-state index in [9.17, 15) is 4.79 Å². The average Bonchev–Trinajstić information content (AvgIpc) is 2.49. The third kappa shape index (κ3) is 2.60. The summed E-state index contributed by atoms with van der Waals surface area (Å²) in [4.78, 5) is 11.9. The molecule has 2 rings (SSSR count). The molecule has 2 N–H and O–H groups in total. The molecule has 1 saturated heterocycles. The molecule has 0 atom stereocenters. The number of carbonyl (C=O) groups excluding carboxylic acids is 1. The van der Waals surface area contributed by atoms with Crippen molar-refractivity contribution in [1.82, 2.24) is 5.32 Å². The molecule has 0 aliphatic carbocycles. The van der Waals surface area contributed by atoms with E-state index in [-0.39, 0.29) is 11.1 Å². The second kappa shape index (κ2) is 4.36. The number of halogens is 1. The van der Waals surface area contributed by atoms with Crippen molar-refractivity contribution in [1.29, 1.82) is 5.41 Å². The minimum Gasteiger partial charge on any atom is -0.301 e. The van der Waals surface area contributed by atoms with Crippen molar-refractivity contribution in [2.24, 2.45) is 0 Å². The normalized spacial score (nSPS) is 18.3. The van der Waals surface area contributed by atoms with Crippen LogP contribution in [0.3, 0.4) is 0 Å². The molecule has 1 amide bonds. The van der Waals surface area contributed by atoms with Crippen molar-refractivity contribution in [2.45, 2.75) is 0 Å². The highest BCUT2D eigenvalue weighted by Gasteiger charge is 2.21. The van der Waals surface area contributed by atoms with E-state index >= 15 is 0 Å². The summed E-state index contributed by atoms with van der Waals surface area (Å²) in [6.07, 6.45) is 1.79. The van der Waals surface area contributed by atoms with Crippen LogP contribution in [0.4, 0.5) is 0 Å². The molecule has 5 heteroatoms. The highest BCUT2D eigenvalue weighted by atomic mass is 127. The van der Waals surface area contributed by atoms with Crippen LogP contribution in [0.5, 0.6) is 0 Å². The smallest absolute Gasteiger partial charge is 0.264 e. The van der Waals surface area contributed by atoms with Gasteiger partial charge in [-0.05, 0) is 58.1 Å². The fourth-order valence-electron chi connectivity index (χ4n) is 1.15. The van der Waals surface area contributed by atoms with Crippen LogP contribution in [-0.2, 0) is 4.79 Å². The first-order valence-corrected chi connectivity index (χ1v) is 6.10. The third-order valence-corrected chi connectivity index (χ3v) is 3.38. The van der Waals surface area contributed by atoms with Gasteiger partial charge in [0.25, 0.3) is 5.91 Å². The Morgan fingerprint density at radius 2 is 2.00 bits per heavy atom. The molecule has 1 heterocycles. The number of rotatable bonds is 1. The molecule has 1 aromatic rings. The molecule has 15 heavy (non-hydrogen) atoms. The Labute approximate surface area is 105 Å². The summed E-state index contributed by atoms with van der Waals surface area (Å²) in [7, 11) is 0. The maximum absolute atomic E-state index is 11.3. The van der Waals surface area contributed by atoms with Gasteiger partial charge in [-0.2, -0.15) is 0 Å². The summed E-state index contributed by atoms with van der Waals surface area (Å²) in [5.74, 6) is -0.191. The van der Waals surface area contributed by atoms with Gasteiger partial charge in [0.15, 0.2) is 5.17 Å². The van der Waals surface area contributed by atoms with Crippen molar-refractivity contribution in [2.75, 3.05) is 0 Å². The molecule has 1 aliphatic heterocycles. The van der Waals surface area contributed by atoms with E-state index in [1.54, 1.807) is 6.08 Å². The fraction of sp³-hybridized carbons (Fsp3) is 0. The average molecular weight is 330 g/mol. The van der Waals surface area contributed by atoms with E-state index in [2.05, 4.69) is 27.9 Å². The SMILES string of the molecule is N=C1NC(=O)/C(=C\c2ccc(I)cc2)S1. The van der Waals surface area contributed by atoms with Gasteiger partial charge in [-0.1, -0.05) is 12.1 Å². The predicted molar refractivity (Wildman–Crippen MR) is 70.6 cm³/mol. The lowest BCUT2D eigenvalue weighted by atomic mass is 10.2. The van der Waals surface area contributed by atoms with Crippen molar-refractivity contribution in [3.63, 3.8) is 0 Å². The topological polar surface area (TPSA) is 53.0 Å². The molecule has 3 nitrogen and oxygen atoms in total. The summed E-state index contributed by atoms with van der Waals surface area (Å²) >= 11 is 3.38. The summed E-state index contributed by atoms with van der Waals surface area (Å²) in [6, 6.07) is 7.86. The summed E-state index contributed by atoms with van der Waals surface area (Å²) < 4.78 is 1.16. The Balaban J connectivity index is 2.27. The first-order chi connectivity index (χ1) is 7.15. The number of amides is 1. The Morgan fingerprint density at radius 1 is 1.33 bits per heavy atom. The summed E-state index contributed by atoms with van der Waals surface area (Å²) in [5.41, 5.74) is 0.975. The number of amidine groups is 1. The van der Waals surface area contributed by atoms with Crippen LogP contribution in [0.2, 0.25) is 0 Å². The predicted octanol–water partition coefficient (Wildman–Crippen LogP) is 2.43. The van der Waals surface area contributed by atoms with E-state index in [0.29, 0.717) is 4.91 Å². The third-order valence-electron chi connectivity index (χ3n) is 1.83. The van der Waals surface area contributed by atoms with Gasteiger partial charge in [-0.15, -0.1) is 0 Å². The van der Waals surface area contributed by atoms with Gasteiger partial charge in [0.2, 0.25) is 0 Å². The van der Waals surface area contributed by atoms with Gasteiger partial charge in [0.05, 0.1) is 4.91 Å². The van der Waals surface area contributed by atoms with Crippen LogP contribution >= 0.6 is 34.4 Å². The van der Waals surface area contributed by atoms with E-state index in [0.717, 1.165) is 20.9 Å². The lowest BCUT2D eigenvalue weighted by molar-refractivity contribution is -0.115. The molecule has 1 aliphatic rings. The molecule has 76 valence electrons. The van der Waals surface area contributed by atoms with Crippen molar-refractivity contribution < 1.29 is 4.79 Å². The van der Waals surface area contributed by atoms with Crippen molar-refractivity contribution >= 4 is 51.5 Å². The van der Waals surface area contributed by atoms with E-state index in [1.807, 2.05) is 24.3 Å². The fourth-order valence-corrected chi connectivity index (χ4v) is 2.21. The second-order valence-electron chi connectivity index (χ2n) is 2.95. The zero-order chi connectivity index (χ0) is 10.8. The summed E-state index contributed by atoms with van der Waals surface area (Å²) in [5, 5.41) is 9.93. The quantitative estimate of drug-likeness (QED) is 0.614.